The lowest BCUT2D eigenvalue weighted by molar-refractivity contribution is -0.107. The van der Waals surface area contributed by atoms with Gasteiger partial charge in [-0.3, -0.25) is 0 Å². The number of piperidine rings is 1. The third-order valence-corrected chi connectivity index (χ3v) is 3.32. The monoisotopic (exact) mass is 245 g/mol. The summed E-state index contributed by atoms with van der Waals surface area (Å²) in [6.45, 7) is 4.10. The average molecular weight is 245 g/mol. The highest BCUT2D eigenvalue weighted by Crippen LogP contribution is 2.12. The second-order valence-corrected chi connectivity index (χ2v) is 4.67. The molecule has 0 aromatic carbocycles. The summed E-state index contributed by atoms with van der Waals surface area (Å²) in [7, 11) is 3.36. The average Bonchev–Trinajstić information content (AvgIpc) is 2.39. The highest BCUT2D eigenvalue weighted by Gasteiger charge is 2.12. The minimum atomic E-state index is -0.0561. The largest absolute Gasteiger partial charge is 0.381 e. The summed E-state index contributed by atoms with van der Waals surface area (Å²) in [6, 6.07) is 0. The summed E-state index contributed by atoms with van der Waals surface area (Å²) < 4.78 is 16.0. The van der Waals surface area contributed by atoms with E-state index in [0.717, 1.165) is 51.5 Å². The molecule has 102 valence electrons. The van der Waals surface area contributed by atoms with Gasteiger partial charge in [-0.1, -0.05) is 0 Å². The summed E-state index contributed by atoms with van der Waals surface area (Å²) in [5, 5.41) is 3.37. The molecule has 0 radical (unpaired) electrons. The van der Waals surface area contributed by atoms with Crippen LogP contribution in [0.3, 0.4) is 0 Å². The number of hydrogen-bond donors (Lipinski definition) is 1. The molecule has 0 aromatic rings. The van der Waals surface area contributed by atoms with Gasteiger partial charge in [-0.05, 0) is 51.1 Å². The van der Waals surface area contributed by atoms with Gasteiger partial charge in [-0.25, -0.2) is 0 Å². The van der Waals surface area contributed by atoms with Gasteiger partial charge in [0, 0.05) is 27.4 Å². The van der Waals surface area contributed by atoms with Crippen LogP contribution in [0.1, 0.15) is 32.1 Å². The van der Waals surface area contributed by atoms with Crippen LogP contribution in [0.4, 0.5) is 0 Å². The first-order valence-electron chi connectivity index (χ1n) is 6.71. The van der Waals surface area contributed by atoms with Crippen molar-refractivity contribution in [1.29, 1.82) is 0 Å². The van der Waals surface area contributed by atoms with Crippen LogP contribution in [0, 0.1) is 5.92 Å². The summed E-state index contributed by atoms with van der Waals surface area (Å²) in [6.07, 6.45) is 5.60. The van der Waals surface area contributed by atoms with E-state index < -0.39 is 0 Å². The Morgan fingerprint density at radius 3 is 2.47 bits per heavy atom. The Morgan fingerprint density at radius 2 is 1.82 bits per heavy atom. The van der Waals surface area contributed by atoms with Gasteiger partial charge < -0.3 is 19.5 Å². The van der Waals surface area contributed by atoms with Crippen molar-refractivity contribution in [3.63, 3.8) is 0 Å². The zero-order valence-electron chi connectivity index (χ0n) is 11.2. The Balaban J connectivity index is 1.86. The maximum absolute atomic E-state index is 5.71. The topological polar surface area (TPSA) is 39.7 Å². The smallest absolute Gasteiger partial charge is 0.156 e. The molecule has 1 aliphatic rings. The molecular weight excluding hydrogens is 218 g/mol. The van der Waals surface area contributed by atoms with Crippen molar-refractivity contribution in [2.75, 3.05) is 40.5 Å². The molecule has 0 unspecified atom stereocenters. The first kappa shape index (κ1) is 14.9. The van der Waals surface area contributed by atoms with Crippen molar-refractivity contribution in [2.24, 2.45) is 5.92 Å². The molecule has 4 heteroatoms. The number of ether oxygens (including phenoxy) is 3. The van der Waals surface area contributed by atoms with Crippen molar-refractivity contribution < 1.29 is 14.2 Å². The third kappa shape index (κ3) is 6.99. The minimum absolute atomic E-state index is 0.0561. The molecule has 0 spiro atoms. The molecule has 4 nitrogen and oxygen atoms in total. The van der Waals surface area contributed by atoms with Crippen LogP contribution in [0.15, 0.2) is 0 Å². The number of methoxy groups -OCH3 is 2. The highest BCUT2D eigenvalue weighted by molar-refractivity contribution is 4.67. The van der Waals surface area contributed by atoms with Crippen LogP contribution >= 0.6 is 0 Å². The molecular formula is C13H27NO3. The van der Waals surface area contributed by atoms with Gasteiger partial charge in [-0.15, -0.1) is 0 Å². The lowest BCUT2D eigenvalue weighted by atomic mass is 9.99. The molecule has 0 amide bonds. The van der Waals surface area contributed by atoms with Crippen LogP contribution in [0.5, 0.6) is 0 Å². The van der Waals surface area contributed by atoms with Crippen molar-refractivity contribution in [3.05, 3.63) is 0 Å². The van der Waals surface area contributed by atoms with E-state index in [4.69, 9.17) is 14.2 Å². The molecule has 17 heavy (non-hydrogen) atoms. The summed E-state index contributed by atoms with van der Waals surface area (Å²) in [5.41, 5.74) is 0. The predicted octanol–water partition coefficient (Wildman–Crippen LogP) is 1.79. The van der Waals surface area contributed by atoms with E-state index in [-0.39, 0.29) is 6.29 Å². The molecule has 0 saturated carbocycles. The fourth-order valence-corrected chi connectivity index (χ4v) is 2.15. The Bertz CT molecular complexity index is 168. The minimum Gasteiger partial charge on any atom is -0.381 e. The fraction of sp³-hybridized carbons (Fsp3) is 1.00. The molecule has 0 aliphatic carbocycles. The summed E-state index contributed by atoms with van der Waals surface area (Å²) in [5.74, 6) is 0.766. The number of unbranched alkanes of at least 4 members (excludes halogenated alkanes) is 1. The van der Waals surface area contributed by atoms with E-state index >= 15 is 0 Å². The summed E-state index contributed by atoms with van der Waals surface area (Å²) >= 11 is 0. The number of rotatable bonds is 9. The maximum atomic E-state index is 5.71. The van der Waals surface area contributed by atoms with Gasteiger partial charge in [0.05, 0.1) is 0 Å². The second kappa shape index (κ2) is 9.83. The van der Waals surface area contributed by atoms with Gasteiger partial charge in [-0.2, -0.15) is 0 Å². The van der Waals surface area contributed by atoms with Crippen molar-refractivity contribution in [1.82, 2.24) is 5.32 Å². The summed E-state index contributed by atoms with van der Waals surface area (Å²) in [4.78, 5) is 0. The standard InChI is InChI=1S/C13H27NO3/c1-15-13(16-2)5-3-4-10-17-11-12-6-8-14-9-7-12/h12-14H,3-11H2,1-2H3. The normalized spacial score (nSPS) is 17.8. The van der Waals surface area contributed by atoms with E-state index in [1.165, 1.54) is 12.8 Å². The van der Waals surface area contributed by atoms with Gasteiger partial charge in [0.15, 0.2) is 6.29 Å². The molecule has 0 atom stereocenters. The lowest BCUT2D eigenvalue weighted by Gasteiger charge is -2.22. The highest BCUT2D eigenvalue weighted by atomic mass is 16.7. The van der Waals surface area contributed by atoms with Crippen molar-refractivity contribution in [2.45, 2.75) is 38.4 Å². The van der Waals surface area contributed by atoms with Crippen LogP contribution in [-0.2, 0) is 14.2 Å². The molecule has 1 aliphatic heterocycles. The van der Waals surface area contributed by atoms with Crippen LogP contribution in [0.25, 0.3) is 0 Å². The predicted molar refractivity (Wildman–Crippen MR) is 68.1 cm³/mol. The molecule has 1 saturated heterocycles. The zero-order chi connectivity index (χ0) is 12.3. The van der Waals surface area contributed by atoms with Gasteiger partial charge >= 0.3 is 0 Å². The van der Waals surface area contributed by atoms with Crippen molar-refractivity contribution in [3.8, 4) is 0 Å². The molecule has 1 rings (SSSR count). The zero-order valence-corrected chi connectivity index (χ0v) is 11.2. The van der Waals surface area contributed by atoms with Crippen LogP contribution in [-0.4, -0.2) is 46.8 Å². The van der Waals surface area contributed by atoms with E-state index in [9.17, 15) is 0 Å². The van der Waals surface area contributed by atoms with Gasteiger partial charge in [0.25, 0.3) is 0 Å². The second-order valence-electron chi connectivity index (χ2n) is 4.67. The molecule has 1 fully saturated rings. The third-order valence-electron chi connectivity index (χ3n) is 3.32. The van der Waals surface area contributed by atoms with Crippen molar-refractivity contribution >= 4 is 0 Å². The molecule has 1 heterocycles. The van der Waals surface area contributed by atoms with E-state index in [1.54, 1.807) is 14.2 Å². The SMILES string of the molecule is COC(CCCCOCC1CCNCC1)OC. The first-order chi connectivity index (χ1) is 8.36. The number of nitrogens with one attached hydrogen (secondary N) is 1. The van der Waals surface area contributed by atoms with Crippen LogP contribution < -0.4 is 5.32 Å². The van der Waals surface area contributed by atoms with E-state index in [2.05, 4.69) is 5.32 Å². The Labute approximate surface area is 105 Å². The lowest BCUT2D eigenvalue weighted by Crippen LogP contribution is -2.30. The van der Waals surface area contributed by atoms with Gasteiger partial charge in [0.1, 0.15) is 0 Å². The quantitative estimate of drug-likeness (QED) is 0.496. The first-order valence-corrected chi connectivity index (χ1v) is 6.71. The number of hydrogen-bond acceptors (Lipinski definition) is 4. The Kier molecular flexibility index (Phi) is 8.61. The van der Waals surface area contributed by atoms with Gasteiger partial charge in [0.2, 0.25) is 0 Å². The molecule has 1 N–H and O–H groups in total. The van der Waals surface area contributed by atoms with E-state index in [1.807, 2.05) is 0 Å². The molecule has 0 aromatic heterocycles. The Morgan fingerprint density at radius 1 is 1.12 bits per heavy atom. The Hall–Kier alpha value is -0.160. The maximum Gasteiger partial charge on any atom is 0.156 e. The fourth-order valence-electron chi connectivity index (χ4n) is 2.15. The van der Waals surface area contributed by atoms with E-state index in [0.29, 0.717) is 0 Å². The van der Waals surface area contributed by atoms with Crippen LogP contribution in [0.2, 0.25) is 0 Å². The molecule has 0 bridgehead atoms.